The van der Waals surface area contributed by atoms with E-state index in [2.05, 4.69) is 23.9 Å². The SMILES string of the molecule is Cc1cc(Oc2cc(CN)cc(C(C)C)n2)n(C)n1. The Morgan fingerprint density at radius 1 is 1.32 bits per heavy atom. The molecule has 2 N–H and O–H groups in total. The smallest absolute Gasteiger partial charge is 0.221 e. The molecule has 0 saturated carbocycles. The number of ether oxygens (including phenoxy) is 1. The van der Waals surface area contributed by atoms with Crippen LogP contribution in [0.4, 0.5) is 0 Å². The van der Waals surface area contributed by atoms with Crippen molar-refractivity contribution in [1.29, 1.82) is 0 Å². The molecule has 0 radical (unpaired) electrons. The predicted octanol–water partition coefficient (Wildman–Crippen LogP) is 2.50. The highest BCUT2D eigenvalue weighted by Crippen LogP contribution is 2.24. The lowest BCUT2D eigenvalue weighted by Crippen LogP contribution is -2.03. The summed E-state index contributed by atoms with van der Waals surface area (Å²) in [4.78, 5) is 4.51. The third-order valence-electron chi connectivity index (χ3n) is 2.88. The average Bonchev–Trinajstić information content (AvgIpc) is 2.67. The third-order valence-corrected chi connectivity index (χ3v) is 2.88. The van der Waals surface area contributed by atoms with Gasteiger partial charge in [-0.2, -0.15) is 5.10 Å². The molecule has 0 spiro atoms. The fourth-order valence-electron chi connectivity index (χ4n) is 1.84. The Kier molecular flexibility index (Phi) is 3.85. The zero-order valence-corrected chi connectivity index (χ0v) is 11.8. The average molecular weight is 260 g/mol. The number of aryl methyl sites for hydroxylation is 2. The molecule has 0 atom stereocenters. The molecular formula is C14H20N4O. The highest BCUT2D eigenvalue weighted by Gasteiger charge is 2.10. The van der Waals surface area contributed by atoms with Crippen molar-refractivity contribution in [3.05, 3.63) is 35.2 Å². The van der Waals surface area contributed by atoms with Crippen LogP contribution in [0.25, 0.3) is 0 Å². The van der Waals surface area contributed by atoms with E-state index in [1.54, 1.807) is 4.68 Å². The van der Waals surface area contributed by atoms with Gasteiger partial charge in [-0.3, -0.25) is 0 Å². The number of hydrogen-bond donors (Lipinski definition) is 1. The highest BCUT2D eigenvalue weighted by atomic mass is 16.5. The van der Waals surface area contributed by atoms with Gasteiger partial charge in [-0.1, -0.05) is 13.8 Å². The first-order valence-electron chi connectivity index (χ1n) is 6.39. The molecule has 0 saturated heterocycles. The van der Waals surface area contributed by atoms with Gasteiger partial charge in [0.15, 0.2) is 0 Å². The zero-order valence-electron chi connectivity index (χ0n) is 11.8. The number of rotatable bonds is 4. The van der Waals surface area contributed by atoms with Crippen LogP contribution in [0.3, 0.4) is 0 Å². The number of nitrogens with two attached hydrogens (primary N) is 1. The van der Waals surface area contributed by atoms with Crippen molar-refractivity contribution >= 4 is 0 Å². The molecule has 5 nitrogen and oxygen atoms in total. The Labute approximate surface area is 113 Å². The number of hydrogen-bond acceptors (Lipinski definition) is 4. The minimum absolute atomic E-state index is 0.335. The maximum Gasteiger partial charge on any atom is 0.221 e. The summed E-state index contributed by atoms with van der Waals surface area (Å²) in [5.41, 5.74) is 8.63. The lowest BCUT2D eigenvalue weighted by atomic mass is 10.1. The number of pyridine rings is 1. The molecule has 2 rings (SSSR count). The molecule has 19 heavy (non-hydrogen) atoms. The summed E-state index contributed by atoms with van der Waals surface area (Å²) >= 11 is 0. The van der Waals surface area contributed by atoms with E-state index in [0.29, 0.717) is 24.2 Å². The minimum atomic E-state index is 0.335. The van der Waals surface area contributed by atoms with Crippen molar-refractivity contribution in [3.63, 3.8) is 0 Å². The second-order valence-corrected chi connectivity index (χ2v) is 4.95. The lowest BCUT2D eigenvalue weighted by Gasteiger charge is -2.11. The molecule has 0 aliphatic heterocycles. The van der Waals surface area contributed by atoms with Crippen LogP contribution >= 0.6 is 0 Å². The molecule has 0 aliphatic carbocycles. The number of aromatic nitrogens is 3. The highest BCUT2D eigenvalue weighted by molar-refractivity contribution is 5.29. The standard InChI is InChI=1S/C14H20N4O/c1-9(2)12-6-11(8-15)7-13(16-12)19-14-5-10(3)17-18(14)4/h5-7,9H,8,15H2,1-4H3. The fraction of sp³-hybridized carbons (Fsp3) is 0.429. The van der Waals surface area contributed by atoms with E-state index in [-0.39, 0.29) is 0 Å². The summed E-state index contributed by atoms with van der Waals surface area (Å²) in [6.07, 6.45) is 0. The summed E-state index contributed by atoms with van der Waals surface area (Å²) in [6, 6.07) is 5.77. The first-order chi connectivity index (χ1) is 8.99. The molecule has 0 amide bonds. The quantitative estimate of drug-likeness (QED) is 0.917. The Hall–Kier alpha value is -1.88. The van der Waals surface area contributed by atoms with E-state index in [9.17, 15) is 0 Å². The summed E-state index contributed by atoms with van der Waals surface area (Å²) in [5, 5.41) is 4.25. The third kappa shape index (κ3) is 3.12. The van der Waals surface area contributed by atoms with Gasteiger partial charge in [0.05, 0.1) is 5.69 Å². The van der Waals surface area contributed by atoms with Gasteiger partial charge in [-0.05, 0) is 24.5 Å². The normalized spacial score (nSPS) is 11.1. The van der Waals surface area contributed by atoms with Crippen LogP contribution < -0.4 is 10.5 Å². The number of nitrogens with zero attached hydrogens (tertiary/aromatic N) is 3. The maximum absolute atomic E-state index is 5.80. The van der Waals surface area contributed by atoms with Crippen molar-refractivity contribution in [3.8, 4) is 11.8 Å². The summed E-state index contributed by atoms with van der Waals surface area (Å²) in [5.74, 6) is 1.57. The summed E-state index contributed by atoms with van der Waals surface area (Å²) in [6.45, 7) is 6.60. The van der Waals surface area contributed by atoms with Gasteiger partial charge in [-0.25, -0.2) is 9.67 Å². The van der Waals surface area contributed by atoms with Crippen LogP contribution in [0.15, 0.2) is 18.2 Å². The Morgan fingerprint density at radius 2 is 2.05 bits per heavy atom. The summed E-state index contributed by atoms with van der Waals surface area (Å²) in [7, 11) is 1.85. The van der Waals surface area contributed by atoms with Crippen LogP contribution in [0.2, 0.25) is 0 Å². The topological polar surface area (TPSA) is 66.0 Å². The molecule has 0 unspecified atom stereocenters. The first kappa shape index (κ1) is 13.5. The molecule has 0 fully saturated rings. The first-order valence-corrected chi connectivity index (χ1v) is 6.39. The van der Waals surface area contributed by atoms with Gasteiger partial charge in [0, 0.05) is 31.4 Å². The van der Waals surface area contributed by atoms with Crippen molar-refractivity contribution in [2.45, 2.75) is 33.2 Å². The van der Waals surface area contributed by atoms with Gasteiger partial charge >= 0.3 is 0 Å². The molecule has 0 aliphatic rings. The van der Waals surface area contributed by atoms with Crippen LogP contribution in [0.1, 0.15) is 36.7 Å². The molecule has 102 valence electrons. The Morgan fingerprint density at radius 3 is 2.58 bits per heavy atom. The van der Waals surface area contributed by atoms with E-state index >= 15 is 0 Å². The zero-order chi connectivity index (χ0) is 14.0. The largest absolute Gasteiger partial charge is 0.421 e. The summed E-state index contributed by atoms with van der Waals surface area (Å²) < 4.78 is 7.49. The molecule has 0 aromatic carbocycles. The molecule has 0 bridgehead atoms. The van der Waals surface area contributed by atoms with Crippen LogP contribution in [0, 0.1) is 6.92 Å². The van der Waals surface area contributed by atoms with Crippen LogP contribution in [-0.2, 0) is 13.6 Å². The van der Waals surface area contributed by atoms with E-state index in [4.69, 9.17) is 10.5 Å². The Bertz CT molecular complexity index is 575. The van der Waals surface area contributed by atoms with Gasteiger partial charge in [0.1, 0.15) is 0 Å². The molecule has 5 heteroatoms. The van der Waals surface area contributed by atoms with Crippen molar-refractivity contribution in [2.75, 3.05) is 0 Å². The van der Waals surface area contributed by atoms with Crippen LogP contribution in [0.5, 0.6) is 11.8 Å². The van der Waals surface area contributed by atoms with Gasteiger partial charge in [0.25, 0.3) is 0 Å². The van der Waals surface area contributed by atoms with E-state index in [1.807, 2.05) is 32.2 Å². The van der Waals surface area contributed by atoms with Crippen molar-refractivity contribution < 1.29 is 4.74 Å². The monoisotopic (exact) mass is 260 g/mol. The second kappa shape index (κ2) is 5.40. The van der Waals surface area contributed by atoms with Crippen LogP contribution in [-0.4, -0.2) is 14.8 Å². The fourth-order valence-corrected chi connectivity index (χ4v) is 1.84. The second-order valence-electron chi connectivity index (χ2n) is 4.95. The predicted molar refractivity (Wildman–Crippen MR) is 74.2 cm³/mol. The molecule has 2 heterocycles. The van der Waals surface area contributed by atoms with Gasteiger partial charge < -0.3 is 10.5 Å². The Balaban J connectivity index is 2.34. The van der Waals surface area contributed by atoms with E-state index < -0.39 is 0 Å². The lowest BCUT2D eigenvalue weighted by molar-refractivity contribution is 0.412. The minimum Gasteiger partial charge on any atom is -0.421 e. The molecular weight excluding hydrogens is 240 g/mol. The van der Waals surface area contributed by atoms with Gasteiger partial charge in [-0.15, -0.1) is 0 Å². The molecule has 2 aromatic heterocycles. The van der Waals surface area contributed by atoms with Crippen molar-refractivity contribution in [1.82, 2.24) is 14.8 Å². The van der Waals surface area contributed by atoms with E-state index in [0.717, 1.165) is 17.0 Å². The van der Waals surface area contributed by atoms with E-state index in [1.165, 1.54) is 0 Å². The molecule has 2 aromatic rings. The van der Waals surface area contributed by atoms with Gasteiger partial charge in [0.2, 0.25) is 11.8 Å². The van der Waals surface area contributed by atoms with Crippen molar-refractivity contribution in [2.24, 2.45) is 12.8 Å². The maximum atomic E-state index is 5.80.